The van der Waals surface area contributed by atoms with E-state index in [1.807, 2.05) is 6.92 Å². The highest BCUT2D eigenvalue weighted by Crippen LogP contribution is 2.35. The van der Waals surface area contributed by atoms with Crippen molar-refractivity contribution in [2.24, 2.45) is 0 Å². The number of aliphatic hydroxyl groups excluding tert-OH is 1. The van der Waals surface area contributed by atoms with Gasteiger partial charge in [0, 0.05) is 5.75 Å². The van der Waals surface area contributed by atoms with Gasteiger partial charge >= 0.3 is 5.92 Å². The maximum absolute atomic E-state index is 13.7. The van der Waals surface area contributed by atoms with Crippen molar-refractivity contribution < 1.29 is 18.7 Å². The van der Waals surface area contributed by atoms with Crippen LogP contribution in [-0.4, -0.2) is 21.9 Å². The molecule has 0 amide bonds. The molecular formula is C13H16F2O2S. The molecule has 0 heterocycles. The largest absolute Gasteiger partial charge is 0.382 e. The summed E-state index contributed by atoms with van der Waals surface area (Å²) in [6.07, 6.45) is -0.540. The van der Waals surface area contributed by atoms with E-state index < -0.39 is 17.1 Å². The number of hydrogen-bond donors (Lipinski definition) is 1. The fourth-order valence-corrected chi connectivity index (χ4v) is 2.28. The molecule has 0 aliphatic carbocycles. The number of carbonyl (C=O) groups excluding carboxylic acids is 1. The molecule has 1 aromatic carbocycles. The van der Waals surface area contributed by atoms with Crippen LogP contribution in [0.25, 0.3) is 0 Å². The molecule has 0 saturated heterocycles. The molecule has 0 aliphatic rings. The number of aliphatic hydroxyl groups is 1. The Bertz CT molecular complexity index is 382. The van der Waals surface area contributed by atoms with Crippen molar-refractivity contribution in [3.05, 3.63) is 35.9 Å². The van der Waals surface area contributed by atoms with E-state index in [1.165, 1.54) is 12.1 Å². The van der Waals surface area contributed by atoms with Gasteiger partial charge in [-0.3, -0.25) is 4.79 Å². The number of halogens is 2. The summed E-state index contributed by atoms with van der Waals surface area (Å²) in [4.78, 5) is 11.4. The number of rotatable bonds is 6. The third kappa shape index (κ3) is 3.78. The highest BCUT2D eigenvalue weighted by molar-refractivity contribution is 8.13. The summed E-state index contributed by atoms with van der Waals surface area (Å²) in [6.45, 7) is 1.92. The van der Waals surface area contributed by atoms with E-state index in [2.05, 4.69) is 0 Å². The number of benzene rings is 1. The zero-order chi connectivity index (χ0) is 13.6. The first kappa shape index (κ1) is 15.1. The van der Waals surface area contributed by atoms with Gasteiger partial charge in [0.05, 0.1) is 0 Å². The number of unbranched alkanes of at least 4 members (excludes halogenated alkanes) is 1. The standard InChI is InChI=1S/C13H16F2O2S/c1-2-3-9-18-12(17)13(14,15)11(16)10-7-5-4-6-8-10/h4-8,11,16H,2-3,9H2,1H3. The molecule has 0 radical (unpaired) electrons. The van der Waals surface area contributed by atoms with Crippen molar-refractivity contribution in [1.29, 1.82) is 0 Å². The van der Waals surface area contributed by atoms with Crippen molar-refractivity contribution in [3.63, 3.8) is 0 Å². The Hall–Kier alpha value is -0.940. The number of carbonyl (C=O) groups is 1. The van der Waals surface area contributed by atoms with Crippen molar-refractivity contribution in [1.82, 2.24) is 0 Å². The summed E-state index contributed by atoms with van der Waals surface area (Å²) in [6, 6.07) is 7.50. The van der Waals surface area contributed by atoms with Gasteiger partial charge in [0.1, 0.15) is 0 Å². The predicted octanol–water partition coefficient (Wildman–Crippen LogP) is 3.42. The molecule has 0 aromatic heterocycles. The van der Waals surface area contributed by atoms with Crippen LogP contribution in [0.4, 0.5) is 8.78 Å². The van der Waals surface area contributed by atoms with Crippen molar-refractivity contribution in [3.8, 4) is 0 Å². The van der Waals surface area contributed by atoms with Crippen molar-refractivity contribution in [2.75, 3.05) is 5.75 Å². The normalized spacial score (nSPS) is 13.3. The summed E-state index contributed by atoms with van der Waals surface area (Å²) >= 11 is 0.582. The Morgan fingerprint density at radius 2 is 2.00 bits per heavy atom. The molecule has 0 fully saturated rings. The molecule has 0 bridgehead atoms. The lowest BCUT2D eigenvalue weighted by atomic mass is 10.0. The SMILES string of the molecule is CCCCSC(=O)C(F)(F)C(O)c1ccccc1. The van der Waals surface area contributed by atoms with Crippen molar-refractivity contribution >= 4 is 16.9 Å². The zero-order valence-electron chi connectivity index (χ0n) is 10.1. The van der Waals surface area contributed by atoms with Crippen LogP contribution in [0.5, 0.6) is 0 Å². The molecule has 1 N–H and O–H groups in total. The van der Waals surface area contributed by atoms with E-state index in [1.54, 1.807) is 18.2 Å². The molecule has 1 rings (SSSR count). The topological polar surface area (TPSA) is 37.3 Å². The Morgan fingerprint density at radius 1 is 1.39 bits per heavy atom. The average Bonchev–Trinajstić information content (AvgIpc) is 2.39. The molecule has 0 saturated carbocycles. The third-order valence-electron chi connectivity index (χ3n) is 2.46. The second-order valence-corrected chi connectivity index (χ2v) is 4.99. The monoisotopic (exact) mass is 274 g/mol. The summed E-state index contributed by atoms with van der Waals surface area (Å²) in [5.41, 5.74) is 0.0481. The van der Waals surface area contributed by atoms with Gasteiger partial charge < -0.3 is 5.11 Å². The van der Waals surface area contributed by atoms with Gasteiger partial charge in [-0.1, -0.05) is 55.4 Å². The third-order valence-corrected chi connectivity index (χ3v) is 3.49. The minimum atomic E-state index is -3.75. The molecule has 18 heavy (non-hydrogen) atoms. The van der Waals surface area contributed by atoms with E-state index in [9.17, 15) is 18.7 Å². The van der Waals surface area contributed by atoms with E-state index >= 15 is 0 Å². The zero-order valence-corrected chi connectivity index (χ0v) is 10.9. The highest BCUT2D eigenvalue weighted by atomic mass is 32.2. The molecule has 1 unspecified atom stereocenters. The van der Waals surface area contributed by atoms with Gasteiger partial charge in [-0.15, -0.1) is 0 Å². The maximum atomic E-state index is 13.7. The van der Waals surface area contributed by atoms with Crippen LogP contribution in [-0.2, 0) is 4.79 Å². The molecule has 1 aromatic rings. The lowest BCUT2D eigenvalue weighted by Gasteiger charge is -2.21. The minimum absolute atomic E-state index is 0.0481. The lowest BCUT2D eigenvalue weighted by molar-refractivity contribution is -0.151. The molecule has 5 heteroatoms. The Morgan fingerprint density at radius 3 is 2.56 bits per heavy atom. The second kappa shape index (κ2) is 6.85. The Kier molecular flexibility index (Phi) is 5.75. The predicted molar refractivity (Wildman–Crippen MR) is 68.7 cm³/mol. The van der Waals surface area contributed by atoms with Gasteiger partial charge in [0.2, 0.25) is 0 Å². The first-order valence-electron chi connectivity index (χ1n) is 5.78. The van der Waals surface area contributed by atoms with Crippen LogP contribution < -0.4 is 0 Å². The number of thioether (sulfide) groups is 1. The smallest absolute Gasteiger partial charge is 0.344 e. The number of alkyl halides is 2. The van der Waals surface area contributed by atoms with Gasteiger partial charge in [-0.05, 0) is 12.0 Å². The van der Waals surface area contributed by atoms with Crippen LogP contribution in [0, 0.1) is 0 Å². The second-order valence-electron chi connectivity index (χ2n) is 3.93. The first-order chi connectivity index (χ1) is 8.50. The fourth-order valence-electron chi connectivity index (χ4n) is 1.36. The maximum Gasteiger partial charge on any atom is 0.344 e. The van der Waals surface area contributed by atoms with Gasteiger partial charge in [0.25, 0.3) is 5.12 Å². The quantitative estimate of drug-likeness (QED) is 0.808. The molecular weight excluding hydrogens is 258 g/mol. The van der Waals surface area contributed by atoms with Gasteiger partial charge in [0.15, 0.2) is 6.10 Å². The number of hydrogen-bond acceptors (Lipinski definition) is 3. The summed E-state index contributed by atoms with van der Waals surface area (Å²) in [5.74, 6) is -3.40. The molecule has 2 nitrogen and oxygen atoms in total. The van der Waals surface area contributed by atoms with Gasteiger partial charge in [-0.2, -0.15) is 8.78 Å². The van der Waals surface area contributed by atoms with E-state index in [0.717, 1.165) is 6.42 Å². The van der Waals surface area contributed by atoms with Crippen LogP contribution >= 0.6 is 11.8 Å². The van der Waals surface area contributed by atoms with Gasteiger partial charge in [-0.25, -0.2) is 0 Å². The molecule has 0 aliphatic heterocycles. The van der Waals surface area contributed by atoms with Crippen LogP contribution in [0.15, 0.2) is 30.3 Å². The minimum Gasteiger partial charge on any atom is -0.382 e. The van der Waals surface area contributed by atoms with Crippen LogP contribution in [0.2, 0.25) is 0 Å². The Labute approximate surface area is 109 Å². The average molecular weight is 274 g/mol. The van der Waals surface area contributed by atoms with Crippen LogP contribution in [0.1, 0.15) is 31.4 Å². The Balaban J connectivity index is 2.70. The van der Waals surface area contributed by atoms with Crippen molar-refractivity contribution in [2.45, 2.75) is 31.8 Å². The molecule has 0 spiro atoms. The summed E-state index contributed by atoms with van der Waals surface area (Å²) in [7, 11) is 0. The highest BCUT2D eigenvalue weighted by Gasteiger charge is 2.47. The molecule has 1 atom stereocenters. The summed E-state index contributed by atoms with van der Waals surface area (Å²) in [5, 5.41) is 8.32. The molecule has 100 valence electrons. The fraction of sp³-hybridized carbons (Fsp3) is 0.462. The first-order valence-corrected chi connectivity index (χ1v) is 6.76. The summed E-state index contributed by atoms with van der Waals surface area (Å²) < 4.78 is 27.4. The van der Waals surface area contributed by atoms with Crippen LogP contribution in [0.3, 0.4) is 0 Å². The lowest BCUT2D eigenvalue weighted by Crippen LogP contribution is -2.34. The van der Waals surface area contributed by atoms with E-state index in [4.69, 9.17) is 0 Å². The van der Waals surface area contributed by atoms with E-state index in [0.29, 0.717) is 23.9 Å². The van der Waals surface area contributed by atoms with E-state index in [-0.39, 0.29) is 5.56 Å².